The minimum absolute atomic E-state index is 0.472. The monoisotopic (exact) mass is 106 g/mol. The van der Waals surface area contributed by atoms with Gasteiger partial charge in [0, 0.05) is 11.3 Å². The van der Waals surface area contributed by atoms with Gasteiger partial charge in [-0.2, -0.15) is 0 Å². The van der Waals surface area contributed by atoms with Crippen molar-refractivity contribution in [1.82, 2.24) is 0 Å². The van der Waals surface area contributed by atoms with Crippen molar-refractivity contribution in [2.45, 2.75) is 20.3 Å². The van der Waals surface area contributed by atoms with Crippen molar-refractivity contribution < 1.29 is 0 Å². The van der Waals surface area contributed by atoms with Gasteiger partial charge in [-0.1, -0.05) is 18.8 Å². The van der Waals surface area contributed by atoms with Gasteiger partial charge in [0.05, 0.1) is 0 Å². The van der Waals surface area contributed by atoms with Crippen LogP contribution >= 0.6 is 0 Å². The molecule has 1 saturated carbocycles. The SMILES string of the molecule is CC1C#CC2(C)CC12. The van der Waals surface area contributed by atoms with E-state index in [0.29, 0.717) is 11.3 Å². The molecule has 0 heterocycles. The maximum absolute atomic E-state index is 3.27. The summed E-state index contributed by atoms with van der Waals surface area (Å²) in [7, 11) is 0. The average Bonchev–Trinajstić information content (AvgIpc) is 2.32. The van der Waals surface area contributed by atoms with Gasteiger partial charge in [0.15, 0.2) is 0 Å². The molecule has 0 bridgehead atoms. The van der Waals surface area contributed by atoms with Gasteiger partial charge in [-0.25, -0.2) is 0 Å². The van der Waals surface area contributed by atoms with E-state index in [0.717, 1.165) is 5.92 Å². The molecule has 2 rings (SSSR count). The molecule has 0 aromatic rings. The molecule has 0 N–H and O–H groups in total. The minimum atomic E-state index is 0.472. The first-order chi connectivity index (χ1) is 3.72. The zero-order valence-electron chi connectivity index (χ0n) is 5.36. The van der Waals surface area contributed by atoms with Crippen molar-refractivity contribution in [3.8, 4) is 11.8 Å². The van der Waals surface area contributed by atoms with Crippen LogP contribution in [0.4, 0.5) is 0 Å². The van der Waals surface area contributed by atoms with Crippen LogP contribution in [0.5, 0.6) is 0 Å². The summed E-state index contributed by atoms with van der Waals surface area (Å²) >= 11 is 0. The Balaban J connectivity index is 2.31. The average molecular weight is 106 g/mol. The minimum Gasteiger partial charge on any atom is -0.0993 e. The second-order valence-corrected chi connectivity index (χ2v) is 3.29. The summed E-state index contributed by atoms with van der Waals surface area (Å²) in [6.07, 6.45) is 1.36. The predicted molar refractivity (Wildman–Crippen MR) is 33.2 cm³/mol. The zero-order chi connectivity index (χ0) is 5.78. The fraction of sp³-hybridized carbons (Fsp3) is 0.750. The van der Waals surface area contributed by atoms with Crippen LogP contribution in [0.25, 0.3) is 0 Å². The quantitative estimate of drug-likeness (QED) is 0.412. The number of hydrogen-bond acceptors (Lipinski definition) is 0. The van der Waals surface area contributed by atoms with E-state index in [1.807, 2.05) is 0 Å². The largest absolute Gasteiger partial charge is 0.0993 e. The van der Waals surface area contributed by atoms with Crippen LogP contribution in [-0.2, 0) is 0 Å². The third-order valence-corrected chi connectivity index (χ3v) is 2.49. The Bertz CT molecular complexity index is 182. The fourth-order valence-corrected chi connectivity index (χ4v) is 1.65. The van der Waals surface area contributed by atoms with E-state index in [-0.39, 0.29) is 0 Å². The third kappa shape index (κ3) is 0.336. The van der Waals surface area contributed by atoms with E-state index >= 15 is 0 Å². The second kappa shape index (κ2) is 0.957. The third-order valence-electron chi connectivity index (χ3n) is 2.49. The van der Waals surface area contributed by atoms with Crippen molar-refractivity contribution in [3.05, 3.63) is 0 Å². The van der Waals surface area contributed by atoms with E-state index in [4.69, 9.17) is 0 Å². The Kier molecular flexibility index (Phi) is 0.531. The molecule has 8 heavy (non-hydrogen) atoms. The normalized spacial score (nSPS) is 56.8. The lowest BCUT2D eigenvalue weighted by molar-refractivity contribution is 0.577. The van der Waals surface area contributed by atoms with Gasteiger partial charge in [-0.05, 0) is 19.3 Å². The van der Waals surface area contributed by atoms with Gasteiger partial charge in [-0.15, -0.1) is 0 Å². The van der Waals surface area contributed by atoms with E-state index in [1.54, 1.807) is 0 Å². The number of rotatable bonds is 0. The standard InChI is InChI=1S/C8H10/c1-6-3-4-8(2)5-7(6)8/h6-7H,5H2,1-2H3. The van der Waals surface area contributed by atoms with Crippen LogP contribution in [0.1, 0.15) is 20.3 Å². The summed E-state index contributed by atoms with van der Waals surface area (Å²) in [5.41, 5.74) is 0.472. The van der Waals surface area contributed by atoms with Crippen molar-refractivity contribution in [1.29, 1.82) is 0 Å². The molecule has 0 aromatic carbocycles. The van der Waals surface area contributed by atoms with E-state index in [2.05, 4.69) is 25.7 Å². The highest BCUT2D eigenvalue weighted by Gasteiger charge is 2.54. The Hall–Kier alpha value is -0.440. The van der Waals surface area contributed by atoms with Gasteiger partial charge in [0.25, 0.3) is 0 Å². The molecule has 3 atom stereocenters. The van der Waals surface area contributed by atoms with Gasteiger partial charge >= 0.3 is 0 Å². The second-order valence-electron chi connectivity index (χ2n) is 3.29. The Morgan fingerprint density at radius 2 is 2.38 bits per heavy atom. The Morgan fingerprint density at radius 1 is 1.62 bits per heavy atom. The van der Waals surface area contributed by atoms with Crippen LogP contribution in [0, 0.1) is 29.1 Å². The molecule has 2 aliphatic rings. The van der Waals surface area contributed by atoms with Gasteiger partial charge in [-0.3, -0.25) is 0 Å². The lowest BCUT2D eigenvalue weighted by atomic mass is 10.1. The maximum Gasteiger partial charge on any atom is 0.0330 e. The molecule has 0 aliphatic heterocycles. The zero-order valence-corrected chi connectivity index (χ0v) is 5.36. The summed E-state index contributed by atoms with van der Waals surface area (Å²) in [4.78, 5) is 0. The van der Waals surface area contributed by atoms with E-state index in [9.17, 15) is 0 Å². The summed E-state index contributed by atoms with van der Waals surface area (Å²) < 4.78 is 0. The summed E-state index contributed by atoms with van der Waals surface area (Å²) in [5, 5.41) is 0. The van der Waals surface area contributed by atoms with Crippen molar-refractivity contribution in [3.63, 3.8) is 0 Å². The van der Waals surface area contributed by atoms with Gasteiger partial charge < -0.3 is 0 Å². The topological polar surface area (TPSA) is 0 Å². The Morgan fingerprint density at radius 3 is 2.50 bits per heavy atom. The molecule has 0 saturated heterocycles. The van der Waals surface area contributed by atoms with Crippen LogP contribution in [-0.4, -0.2) is 0 Å². The molecule has 42 valence electrons. The molecule has 0 spiro atoms. The molecule has 2 aliphatic carbocycles. The lowest BCUT2D eigenvalue weighted by Gasteiger charge is -1.95. The first-order valence-corrected chi connectivity index (χ1v) is 3.25. The molecule has 1 fully saturated rings. The first kappa shape index (κ1) is 4.44. The summed E-state index contributed by atoms with van der Waals surface area (Å²) in [6.45, 7) is 4.50. The maximum atomic E-state index is 3.27. The van der Waals surface area contributed by atoms with E-state index in [1.165, 1.54) is 6.42 Å². The van der Waals surface area contributed by atoms with Gasteiger partial charge in [0.2, 0.25) is 0 Å². The molecule has 0 heteroatoms. The summed E-state index contributed by atoms with van der Waals surface area (Å²) in [5.74, 6) is 8.08. The smallest absolute Gasteiger partial charge is 0.0330 e. The fourth-order valence-electron chi connectivity index (χ4n) is 1.65. The van der Waals surface area contributed by atoms with Crippen molar-refractivity contribution in [2.24, 2.45) is 17.3 Å². The molecular weight excluding hydrogens is 96.1 g/mol. The Labute approximate surface area is 50.3 Å². The first-order valence-electron chi connectivity index (χ1n) is 3.25. The summed E-state index contributed by atoms with van der Waals surface area (Å²) in [6, 6.07) is 0. The van der Waals surface area contributed by atoms with Crippen molar-refractivity contribution in [2.75, 3.05) is 0 Å². The molecular formula is C8H10. The van der Waals surface area contributed by atoms with Crippen LogP contribution in [0.3, 0.4) is 0 Å². The van der Waals surface area contributed by atoms with Gasteiger partial charge in [0.1, 0.15) is 0 Å². The number of hydrogen-bond donors (Lipinski definition) is 0. The number of fused-ring (bicyclic) bond motifs is 1. The molecule has 3 unspecified atom stereocenters. The van der Waals surface area contributed by atoms with Crippen LogP contribution in [0.15, 0.2) is 0 Å². The molecule has 0 radical (unpaired) electrons. The molecule has 0 amide bonds. The predicted octanol–water partition coefficient (Wildman–Crippen LogP) is 1.67. The highest BCUT2D eigenvalue weighted by atomic mass is 14.6. The van der Waals surface area contributed by atoms with E-state index < -0.39 is 0 Å². The van der Waals surface area contributed by atoms with Crippen molar-refractivity contribution >= 4 is 0 Å². The molecule has 0 aromatic heterocycles. The van der Waals surface area contributed by atoms with Crippen LogP contribution in [0.2, 0.25) is 0 Å². The highest BCUT2D eigenvalue weighted by molar-refractivity contribution is 5.32. The van der Waals surface area contributed by atoms with Crippen LogP contribution < -0.4 is 0 Å². The molecule has 0 nitrogen and oxygen atoms in total. The lowest BCUT2D eigenvalue weighted by Crippen LogP contribution is -1.92. The highest BCUT2D eigenvalue weighted by Crippen LogP contribution is 2.58.